The summed E-state index contributed by atoms with van der Waals surface area (Å²) in [6, 6.07) is 0. The summed E-state index contributed by atoms with van der Waals surface area (Å²) < 4.78 is 23.0. The third kappa shape index (κ3) is 10.7. The largest absolute Gasteiger partial charge is 0.462 e. The molecule has 2 aliphatic rings. The highest BCUT2D eigenvalue weighted by atomic mass is 19.1. The lowest BCUT2D eigenvalue weighted by atomic mass is 9.72. The highest BCUT2D eigenvalue weighted by molar-refractivity contribution is 5.88. The van der Waals surface area contributed by atoms with Gasteiger partial charge in [0.05, 0.1) is 44.2 Å². The van der Waals surface area contributed by atoms with Crippen LogP contribution >= 0.6 is 0 Å². The van der Waals surface area contributed by atoms with Crippen molar-refractivity contribution in [1.82, 2.24) is 0 Å². The Labute approximate surface area is 216 Å². The van der Waals surface area contributed by atoms with Gasteiger partial charge in [0.1, 0.15) is 0 Å². The average molecular weight is 511 g/mol. The van der Waals surface area contributed by atoms with Crippen LogP contribution in [-0.4, -0.2) is 55.3 Å². The van der Waals surface area contributed by atoms with Crippen molar-refractivity contribution in [2.75, 3.05) is 33.1 Å². The van der Waals surface area contributed by atoms with Crippen molar-refractivity contribution in [3.8, 4) is 0 Å². The minimum absolute atomic E-state index is 0.00287. The molecule has 0 aromatic heterocycles. The fourth-order valence-electron chi connectivity index (χ4n) is 5.78. The molecule has 0 aromatic rings. The molecule has 0 aliphatic heterocycles. The lowest BCUT2D eigenvalue weighted by Crippen LogP contribution is -2.31. The number of aliphatic hydroxyl groups is 2. The second kappa shape index (κ2) is 16.9. The van der Waals surface area contributed by atoms with Gasteiger partial charge < -0.3 is 19.7 Å². The molecule has 2 aliphatic carbocycles. The minimum atomic E-state index is -0.639. The molecule has 0 spiro atoms. The molecule has 0 saturated heterocycles. The molecule has 0 unspecified atom stereocenters. The van der Waals surface area contributed by atoms with E-state index in [1.54, 1.807) is 0 Å². The topological polar surface area (TPSA) is 93.1 Å². The number of alkyl halides is 1. The summed E-state index contributed by atoms with van der Waals surface area (Å²) in [6.45, 7) is 6.09. The van der Waals surface area contributed by atoms with Crippen molar-refractivity contribution in [2.24, 2.45) is 29.6 Å². The molecular formula is C29H47FO6. The zero-order valence-corrected chi connectivity index (χ0v) is 21.9. The summed E-state index contributed by atoms with van der Waals surface area (Å²) in [5.74, 6) is 1.17. The van der Waals surface area contributed by atoms with Crippen LogP contribution in [0.15, 0.2) is 24.3 Å². The molecule has 0 heterocycles. The lowest BCUT2D eigenvalue weighted by Gasteiger charge is -2.35. The fraction of sp³-hybridized carbons (Fsp3) is 0.793. The van der Waals surface area contributed by atoms with Crippen LogP contribution in [0, 0.1) is 29.6 Å². The monoisotopic (exact) mass is 510 g/mol. The van der Waals surface area contributed by atoms with Gasteiger partial charge in [0.2, 0.25) is 0 Å². The SMILES string of the molecule is C=C(CO)C(=O)OCC(COC(=O)C(=C)CO)C1CCC(CCC2CCC(CCCCF)CC2)CC1. The molecule has 2 N–H and O–H groups in total. The Morgan fingerprint density at radius 2 is 1.14 bits per heavy atom. The summed E-state index contributed by atoms with van der Waals surface area (Å²) in [6.07, 6.45) is 14.9. The van der Waals surface area contributed by atoms with Crippen LogP contribution in [0.25, 0.3) is 0 Å². The second-order valence-corrected chi connectivity index (χ2v) is 10.9. The van der Waals surface area contributed by atoms with Crippen molar-refractivity contribution in [3.05, 3.63) is 24.3 Å². The molecule has 0 radical (unpaired) electrons. The van der Waals surface area contributed by atoms with Gasteiger partial charge in [-0.15, -0.1) is 0 Å². The van der Waals surface area contributed by atoms with Crippen LogP contribution in [0.2, 0.25) is 0 Å². The van der Waals surface area contributed by atoms with Crippen LogP contribution in [0.1, 0.15) is 83.5 Å². The number of carbonyl (C=O) groups is 2. The van der Waals surface area contributed by atoms with Gasteiger partial charge in [-0.1, -0.05) is 77.4 Å². The maximum Gasteiger partial charge on any atom is 0.335 e. The van der Waals surface area contributed by atoms with E-state index in [4.69, 9.17) is 19.7 Å². The Morgan fingerprint density at radius 1 is 0.722 bits per heavy atom. The zero-order valence-electron chi connectivity index (χ0n) is 21.9. The van der Waals surface area contributed by atoms with Gasteiger partial charge in [0.25, 0.3) is 0 Å². The Kier molecular flexibility index (Phi) is 14.3. The maximum atomic E-state index is 12.3. The number of carbonyl (C=O) groups excluding carboxylic acids is 2. The quantitative estimate of drug-likeness (QED) is 0.166. The molecule has 206 valence electrons. The molecule has 2 fully saturated rings. The fourth-order valence-corrected chi connectivity index (χ4v) is 5.78. The van der Waals surface area contributed by atoms with E-state index in [2.05, 4.69) is 13.2 Å². The van der Waals surface area contributed by atoms with E-state index in [0.29, 0.717) is 12.3 Å². The summed E-state index contributed by atoms with van der Waals surface area (Å²) >= 11 is 0. The van der Waals surface area contributed by atoms with Crippen LogP contribution in [-0.2, 0) is 19.1 Å². The van der Waals surface area contributed by atoms with E-state index in [1.165, 1.54) is 44.9 Å². The van der Waals surface area contributed by atoms with Crippen LogP contribution in [0.3, 0.4) is 0 Å². The van der Waals surface area contributed by atoms with Gasteiger partial charge in [-0.2, -0.15) is 0 Å². The number of ether oxygens (including phenoxy) is 2. The van der Waals surface area contributed by atoms with E-state index < -0.39 is 25.2 Å². The first-order valence-corrected chi connectivity index (χ1v) is 13.8. The highest BCUT2D eigenvalue weighted by Crippen LogP contribution is 2.39. The molecule has 0 bridgehead atoms. The molecule has 2 rings (SSSR count). The van der Waals surface area contributed by atoms with E-state index in [0.717, 1.165) is 43.9 Å². The maximum absolute atomic E-state index is 12.3. The van der Waals surface area contributed by atoms with Crippen molar-refractivity contribution in [2.45, 2.75) is 83.5 Å². The van der Waals surface area contributed by atoms with Crippen molar-refractivity contribution < 1.29 is 33.7 Å². The second-order valence-electron chi connectivity index (χ2n) is 10.9. The molecule has 6 nitrogen and oxygen atoms in total. The number of hydrogen-bond donors (Lipinski definition) is 2. The first-order chi connectivity index (χ1) is 17.4. The summed E-state index contributed by atoms with van der Waals surface area (Å²) in [5, 5.41) is 18.2. The first-order valence-electron chi connectivity index (χ1n) is 13.8. The van der Waals surface area contributed by atoms with Crippen LogP contribution in [0.4, 0.5) is 4.39 Å². The van der Waals surface area contributed by atoms with Gasteiger partial charge in [0, 0.05) is 5.92 Å². The van der Waals surface area contributed by atoms with Crippen molar-refractivity contribution in [1.29, 1.82) is 0 Å². The average Bonchev–Trinajstić information content (AvgIpc) is 2.91. The first kappa shape index (κ1) is 30.5. The molecule has 0 atom stereocenters. The standard InChI is InChI=1S/C29H47FO6/c1-21(17-31)28(33)35-19-27(20-36-29(34)22(2)18-32)26-14-12-25(13-15-26)11-10-24-8-6-23(7-9-24)5-3-4-16-30/h23-27,31-32H,1-20H2. The molecule has 0 amide bonds. The van der Waals surface area contributed by atoms with E-state index in [9.17, 15) is 14.0 Å². The number of esters is 2. The smallest absolute Gasteiger partial charge is 0.335 e. The van der Waals surface area contributed by atoms with Gasteiger partial charge in [0.15, 0.2) is 0 Å². The Hall–Kier alpha value is -1.73. The van der Waals surface area contributed by atoms with Crippen molar-refractivity contribution >= 4 is 11.9 Å². The third-order valence-electron chi connectivity index (χ3n) is 8.32. The third-order valence-corrected chi connectivity index (χ3v) is 8.32. The zero-order chi connectivity index (χ0) is 26.3. The summed E-state index contributed by atoms with van der Waals surface area (Å²) in [5.41, 5.74) is -0.00573. The number of rotatable bonds is 16. The molecule has 0 aromatic carbocycles. The van der Waals surface area contributed by atoms with Gasteiger partial charge >= 0.3 is 11.9 Å². The Balaban J connectivity index is 1.76. The minimum Gasteiger partial charge on any atom is -0.462 e. The number of aliphatic hydroxyl groups excluding tert-OH is 2. The molecule has 36 heavy (non-hydrogen) atoms. The predicted octanol–water partition coefficient (Wildman–Crippen LogP) is 5.32. The summed E-state index contributed by atoms with van der Waals surface area (Å²) in [4.78, 5) is 24.0. The van der Waals surface area contributed by atoms with E-state index in [-0.39, 0.29) is 42.9 Å². The molecule has 7 heteroatoms. The molecule has 2 saturated carbocycles. The van der Waals surface area contributed by atoms with Gasteiger partial charge in [-0.25, -0.2) is 9.59 Å². The number of halogens is 1. The predicted molar refractivity (Wildman–Crippen MR) is 138 cm³/mol. The van der Waals surface area contributed by atoms with Gasteiger partial charge in [-0.05, 0) is 42.9 Å². The highest BCUT2D eigenvalue weighted by Gasteiger charge is 2.31. The van der Waals surface area contributed by atoms with Gasteiger partial charge in [-0.3, -0.25) is 4.39 Å². The molecular weight excluding hydrogens is 463 g/mol. The van der Waals surface area contributed by atoms with E-state index in [1.807, 2.05) is 0 Å². The Morgan fingerprint density at radius 3 is 1.56 bits per heavy atom. The van der Waals surface area contributed by atoms with Crippen LogP contribution in [0.5, 0.6) is 0 Å². The number of unbranched alkanes of at least 4 members (excludes halogenated alkanes) is 1. The summed E-state index contributed by atoms with van der Waals surface area (Å²) in [7, 11) is 0. The lowest BCUT2D eigenvalue weighted by molar-refractivity contribution is -0.146. The normalized spacial score (nSPS) is 24.3. The van der Waals surface area contributed by atoms with E-state index >= 15 is 0 Å². The van der Waals surface area contributed by atoms with Crippen LogP contribution < -0.4 is 0 Å². The van der Waals surface area contributed by atoms with Crippen molar-refractivity contribution in [3.63, 3.8) is 0 Å². The Bertz CT molecular complexity index is 660. The number of hydrogen-bond acceptors (Lipinski definition) is 6.